The highest BCUT2D eigenvalue weighted by Crippen LogP contribution is 2.39. The van der Waals surface area contributed by atoms with Gasteiger partial charge in [-0.15, -0.1) is 0 Å². The maximum atomic E-state index is 13.1. The van der Waals surface area contributed by atoms with E-state index in [1.165, 1.54) is 0 Å². The number of carbonyl (C=O) groups excluding carboxylic acids is 2. The molecule has 1 atom stereocenters. The number of aryl methyl sites for hydroxylation is 2. The first-order valence-corrected chi connectivity index (χ1v) is 10.9. The standard InChI is InChI=1S/C25H31N3O3/c1-5-27(6-2)14-7-15-28-22(19-10-12-26-13-11-19)21(24(30)25(28)31)23(29)20-16-17(3)8-9-18(20)4/h8-13,16,22,29H,5-7,14-15H2,1-4H3/b23-21+/t22-/m1/s1. The van der Waals surface area contributed by atoms with Crippen molar-refractivity contribution in [2.45, 2.75) is 40.2 Å². The smallest absolute Gasteiger partial charge is 0.295 e. The Morgan fingerprint density at radius 3 is 2.42 bits per heavy atom. The number of likely N-dealkylation sites (tertiary alicyclic amines) is 1. The molecule has 164 valence electrons. The van der Waals surface area contributed by atoms with Crippen LogP contribution in [0, 0.1) is 13.8 Å². The predicted molar refractivity (Wildman–Crippen MR) is 122 cm³/mol. The summed E-state index contributed by atoms with van der Waals surface area (Å²) in [6.07, 6.45) is 4.03. The fourth-order valence-electron chi connectivity index (χ4n) is 4.14. The van der Waals surface area contributed by atoms with Crippen LogP contribution in [0.1, 0.15) is 48.6 Å². The Labute approximate surface area is 184 Å². The number of carbonyl (C=O) groups is 2. The van der Waals surface area contributed by atoms with Crippen molar-refractivity contribution in [1.29, 1.82) is 0 Å². The number of hydrogen-bond donors (Lipinski definition) is 1. The predicted octanol–water partition coefficient (Wildman–Crippen LogP) is 3.85. The third kappa shape index (κ3) is 4.69. The molecule has 0 radical (unpaired) electrons. The number of hydrogen-bond acceptors (Lipinski definition) is 5. The average molecular weight is 422 g/mol. The zero-order valence-corrected chi connectivity index (χ0v) is 18.8. The molecule has 1 aliphatic heterocycles. The third-order valence-electron chi connectivity index (χ3n) is 5.98. The van der Waals surface area contributed by atoms with Gasteiger partial charge >= 0.3 is 0 Å². The molecule has 1 fully saturated rings. The molecule has 0 saturated carbocycles. The minimum absolute atomic E-state index is 0.118. The fourth-order valence-corrected chi connectivity index (χ4v) is 4.14. The van der Waals surface area contributed by atoms with Crippen molar-refractivity contribution in [3.63, 3.8) is 0 Å². The lowest BCUT2D eigenvalue weighted by atomic mass is 9.93. The van der Waals surface area contributed by atoms with E-state index in [9.17, 15) is 14.7 Å². The summed E-state index contributed by atoms with van der Waals surface area (Å²) in [5.74, 6) is -1.32. The van der Waals surface area contributed by atoms with Gasteiger partial charge in [-0.1, -0.05) is 31.5 Å². The van der Waals surface area contributed by atoms with Crippen molar-refractivity contribution in [2.24, 2.45) is 0 Å². The monoisotopic (exact) mass is 421 g/mol. The van der Waals surface area contributed by atoms with Crippen molar-refractivity contribution in [2.75, 3.05) is 26.2 Å². The first kappa shape index (κ1) is 22.7. The van der Waals surface area contributed by atoms with Crippen LogP contribution in [0.3, 0.4) is 0 Å². The molecule has 1 aromatic carbocycles. The number of aromatic nitrogens is 1. The number of benzene rings is 1. The van der Waals surface area contributed by atoms with Crippen molar-refractivity contribution < 1.29 is 14.7 Å². The second-order valence-corrected chi connectivity index (χ2v) is 7.97. The third-order valence-corrected chi connectivity index (χ3v) is 5.98. The molecule has 1 amide bonds. The number of amides is 1. The van der Waals surface area contributed by atoms with Crippen LogP contribution in [0.25, 0.3) is 5.76 Å². The Morgan fingerprint density at radius 2 is 1.77 bits per heavy atom. The van der Waals surface area contributed by atoms with Gasteiger partial charge in [0.2, 0.25) is 0 Å². The highest BCUT2D eigenvalue weighted by molar-refractivity contribution is 6.46. The molecule has 2 heterocycles. The molecule has 2 aromatic rings. The number of ketones is 1. The van der Waals surface area contributed by atoms with E-state index in [-0.39, 0.29) is 11.3 Å². The number of Topliss-reactive ketones (excluding diaryl/α,β-unsaturated/α-hetero) is 1. The van der Waals surface area contributed by atoms with Crippen LogP contribution in [-0.4, -0.2) is 57.8 Å². The normalized spacial score (nSPS) is 18.2. The quantitative estimate of drug-likeness (QED) is 0.398. The summed E-state index contributed by atoms with van der Waals surface area (Å²) >= 11 is 0. The molecule has 0 bridgehead atoms. The largest absolute Gasteiger partial charge is 0.507 e. The second kappa shape index (κ2) is 9.88. The summed E-state index contributed by atoms with van der Waals surface area (Å²) in [6.45, 7) is 11.2. The molecule has 0 spiro atoms. The van der Waals surface area contributed by atoms with Gasteiger partial charge in [0.25, 0.3) is 11.7 Å². The van der Waals surface area contributed by atoms with Crippen molar-refractivity contribution in [3.8, 4) is 0 Å². The second-order valence-electron chi connectivity index (χ2n) is 7.97. The van der Waals surface area contributed by atoms with E-state index >= 15 is 0 Å². The fraction of sp³-hybridized carbons (Fsp3) is 0.400. The molecule has 6 heteroatoms. The number of pyridine rings is 1. The van der Waals surface area contributed by atoms with Gasteiger partial charge in [-0.3, -0.25) is 14.6 Å². The summed E-state index contributed by atoms with van der Waals surface area (Å²) in [5, 5.41) is 11.2. The Bertz CT molecular complexity index is 981. The minimum atomic E-state index is -0.636. The van der Waals surface area contributed by atoms with Gasteiger partial charge in [0, 0.05) is 24.5 Å². The molecule has 1 aromatic heterocycles. The maximum absolute atomic E-state index is 13.1. The SMILES string of the molecule is CCN(CC)CCCN1C(=O)C(=O)/C(=C(/O)c2cc(C)ccc2C)[C@H]1c1ccncc1. The summed E-state index contributed by atoms with van der Waals surface area (Å²) < 4.78 is 0. The van der Waals surface area contributed by atoms with Gasteiger partial charge in [0.15, 0.2) is 0 Å². The molecule has 0 aliphatic carbocycles. The number of rotatable bonds is 8. The highest BCUT2D eigenvalue weighted by Gasteiger charge is 2.45. The van der Waals surface area contributed by atoms with Gasteiger partial charge in [0.05, 0.1) is 11.6 Å². The van der Waals surface area contributed by atoms with Crippen LogP contribution < -0.4 is 0 Å². The zero-order chi connectivity index (χ0) is 22.5. The molecule has 1 saturated heterocycles. The number of aliphatic hydroxyl groups is 1. The Kier molecular flexibility index (Phi) is 7.23. The molecular formula is C25H31N3O3. The molecular weight excluding hydrogens is 390 g/mol. The van der Waals surface area contributed by atoms with Gasteiger partial charge in [-0.25, -0.2) is 0 Å². The van der Waals surface area contributed by atoms with E-state index in [1.54, 1.807) is 29.4 Å². The van der Waals surface area contributed by atoms with Crippen LogP contribution in [0.15, 0.2) is 48.3 Å². The summed E-state index contributed by atoms with van der Waals surface area (Å²) in [7, 11) is 0. The van der Waals surface area contributed by atoms with Crippen LogP contribution in [0.2, 0.25) is 0 Å². The lowest BCUT2D eigenvalue weighted by Gasteiger charge is -2.26. The van der Waals surface area contributed by atoms with Gasteiger partial charge in [-0.05, 0) is 69.2 Å². The summed E-state index contributed by atoms with van der Waals surface area (Å²) in [4.78, 5) is 34.0. The highest BCUT2D eigenvalue weighted by atomic mass is 16.3. The zero-order valence-electron chi connectivity index (χ0n) is 18.8. The van der Waals surface area contributed by atoms with E-state index in [2.05, 4.69) is 23.7 Å². The van der Waals surface area contributed by atoms with E-state index in [4.69, 9.17) is 0 Å². The first-order valence-electron chi connectivity index (χ1n) is 10.9. The van der Waals surface area contributed by atoms with Gasteiger partial charge in [-0.2, -0.15) is 0 Å². The maximum Gasteiger partial charge on any atom is 0.295 e. The molecule has 3 rings (SSSR count). The molecule has 31 heavy (non-hydrogen) atoms. The molecule has 6 nitrogen and oxygen atoms in total. The van der Waals surface area contributed by atoms with Gasteiger partial charge in [0.1, 0.15) is 5.76 Å². The Balaban J connectivity index is 2.04. The minimum Gasteiger partial charge on any atom is -0.507 e. The van der Waals surface area contributed by atoms with Crippen LogP contribution in [-0.2, 0) is 9.59 Å². The Hall–Kier alpha value is -2.99. The van der Waals surface area contributed by atoms with Crippen LogP contribution in [0.4, 0.5) is 0 Å². The van der Waals surface area contributed by atoms with Crippen molar-refractivity contribution in [1.82, 2.24) is 14.8 Å². The molecule has 1 N–H and O–H groups in total. The van der Waals surface area contributed by atoms with E-state index in [1.807, 2.05) is 32.0 Å². The lowest BCUT2D eigenvalue weighted by molar-refractivity contribution is -0.140. The van der Waals surface area contributed by atoms with Crippen LogP contribution in [0.5, 0.6) is 0 Å². The molecule has 1 aliphatic rings. The number of nitrogens with zero attached hydrogens (tertiary/aromatic N) is 3. The average Bonchev–Trinajstić information content (AvgIpc) is 3.03. The topological polar surface area (TPSA) is 73.7 Å². The molecule has 0 unspecified atom stereocenters. The van der Waals surface area contributed by atoms with Crippen LogP contribution >= 0.6 is 0 Å². The lowest BCUT2D eigenvalue weighted by Crippen LogP contribution is -2.33. The van der Waals surface area contributed by atoms with E-state index < -0.39 is 17.7 Å². The van der Waals surface area contributed by atoms with Crippen molar-refractivity contribution >= 4 is 17.4 Å². The first-order chi connectivity index (χ1) is 14.9. The van der Waals surface area contributed by atoms with E-state index in [0.717, 1.165) is 42.7 Å². The van der Waals surface area contributed by atoms with Crippen molar-refractivity contribution in [3.05, 3.63) is 70.6 Å². The van der Waals surface area contributed by atoms with Gasteiger partial charge < -0.3 is 14.9 Å². The summed E-state index contributed by atoms with van der Waals surface area (Å²) in [6, 6.07) is 8.68. The number of aliphatic hydroxyl groups excluding tert-OH is 1. The van der Waals surface area contributed by atoms with E-state index in [0.29, 0.717) is 12.1 Å². The Morgan fingerprint density at radius 1 is 1.10 bits per heavy atom. The summed E-state index contributed by atoms with van der Waals surface area (Å²) in [5.41, 5.74) is 3.32.